The van der Waals surface area contributed by atoms with Gasteiger partial charge in [0, 0.05) is 23.7 Å². The number of ether oxygens (including phenoxy) is 1. The number of hydrogen-bond acceptors (Lipinski definition) is 5. The number of benzene rings is 1. The predicted molar refractivity (Wildman–Crippen MR) is 100 cm³/mol. The van der Waals surface area contributed by atoms with Crippen molar-refractivity contribution in [3.8, 4) is 0 Å². The molecule has 1 aromatic carbocycles. The summed E-state index contributed by atoms with van der Waals surface area (Å²) < 4.78 is 33.4. The van der Waals surface area contributed by atoms with Crippen LogP contribution in [-0.4, -0.2) is 34.8 Å². The quantitative estimate of drug-likeness (QED) is 0.748. The largest absolute Gasteiger partial charge is 0.378 e. The molecule has 0 aliphatic carbocycles. The van der Waals surface area contributed by atoms with Crippen LogP contribution >= 0.6 is 11.8 Å². The molecule has 0 N–H and O–H groups in total. The van der Waals surface area contributed by atoms with E-state index in [2.05, 4.69) is 4.98 Å². The first kappa shape index (κ1) is 18.3. The zero-order valence-corrected chi connectivity index (χ0v) is 15.6. The average molecular weight is 388 g/mol. The van der Waals surface area contributed by atoms with Crippen LogP contribution in [0.2, 0.25) is 0 Å². The average Bonchev–Trinajstić information content (AvgIpc) is 3.07. The van der Waals surface area contributed by atoms with Crippen LogP contribution in [0.5, 0.6) is 0 Å². The second-order valence-corrected chi connectivity index (χ2v) is 8.07. The number of halogens is 2. The number of rotatable bonds is 4. The van der Waals surface area contributed by atoms with Gasteiger partial charge < -0.3 is 4.74 Å². The first-order chi connectivity index (χ1) is 13.0. The molecule has 0 radical (unpaired) electrons. The van der Waals surface area contributed by atoms with Crippen molar-refractivity contribution in [2.24, 2.45) is 10.9 Å². The Hall–Kier alpha value is -2.12. The SMILES string of the molecule is CC1=N[C@@]2(c3cc(CC(=O)c4ccc(F)cn4)ccc3F)COC[C@H]2CS1. The number of thioether (sulfide) groups is 1. The van der Waals surface area contributed by atoms with Gasteiger partial charge in [-0.15, -0.1) is 11.8 Å². The Balaban J connectivity index is 1.67. The van der Waals surface area contributed by atoms with Gasteiger partial charge >= 0.3 is 0 Å². The third kappa shape index (κ3) is 3.41. The van der Waals surface area contributed by atoms with Crippen LogP contribution in [0.25, 0.3) is 0 Å². The van der Waals surface area contributed by atoms with Crippen LogP contribution in [0, 0.1) is 17.6 Å². The monoisotopic (exact) mass is 388 g/mol. The summed E-state index contributed by atoms with van der Waals surface area (Å²) in [7, 11) is 0. The highest BCUT2D eigenvalue weighted by Gasteiger charge is 2.49. The molecule has 0 amide bonds. The maximum absolute atomic E-state index is 14.7. The highest BCUT2D eigenvalue weighted by atomic mass is 32.2. The van der Waals surface area contributed by atoms with Crippen molar-refractivity contribution in [1.82, 2.24) is 4.98 Å². The summed E-state index contributed by atoms with van der Waals surface area (Å²) in [6.07, 6.45) is 1.07. The van der Waals surface area contributed by atoms with Gasteiger partial charge in [-0.2, -0.15) is 0 Å². The van der Waals surface area contributed by atoms with Crippen molar-refractivity contribution in [2.75, 3.05) is 19.0 Å². The molecule has 0 unspecified atom stereocenters. The molecule has 4 nitrogen and oxygen atoms in total. The molecule has 2 aliphatic rings. The van der Waals surface area contributed by atoms with Crippen LogP contribution in [0.3, 0.4) is 0 Å². The van der Waals surface area contributed by atoms with Crippen molar-refractivity contribution >= 4 is 22.6 Å². The van der Waals surface area contributed by atoms with E-state index in [0.717, 1.165) is 17.0 Å². The van der Waals surface area contributed by atoms with E-state index in [0.29, 0.717) is 24.3 Å². The topological polar surface area (TPSA) is 51.5 Å². The molecule has 2 aromatic rings. The van der Waals surface area contributed by atoms with E-state index in [9.17, 15) is 13.6 Å². The highest BCUT2D eigenvalue weighted by Crippen LogP contribution is 2.45. The van der Waals surface area contributed by atoms with E-state index < -0.39 is 11.4 Å². The number of carbonyl (C=O) groups excluding carboxylic acids is 1. The second kappa shape index (κ2) is 7.13. The Morgan fingerprint density at radius 3 is 2.96 bits per heavy atom. The van der Waals surface area contributed by atoms with Gasteiger partial charge in [-0.05, 0) is 36.8 Å². The van der Waals surface area contributed by atoms with Crippen LogP contribution in [0.15, 0.2) is 41.5 Å². The Bertz CT molecular complexity index is 917. The van der Waals surface area contributed by atoms with Crippen LogP contribution in [0.4, 0.5) is 8.78 Å². The van der Waals surface area contributed by atoms with Gasteiger partial charge in [-0.1, -0.05) is 6.07 Å². The lowest BCUT2D eigenvalue weighted by Gasteiger charge is -2.34. The number of aliphatic imine (C=N–C) groups is 1. The highest BCUT2D eigenvalue weighted by molar-refractivity contribution is 8.13. The molecule has 4 rings (SSSR count). The number of ketones is 1. The van der Waals surface area contributed by atoms with E-state index >= 15 is 0 Å². The van der Waals surface area contributed by atoms with Gasteiger partial charge in [0.2, 0.25) is 0 Å². The third-order valence-corrected chi connectivity index (χ3v) is 6.12. The predicted octanol–water partition coefficient (Wildman–Crippen LogP) is 3.79. The molecule has 0 bridgehead atoms. The molecule has 27 heavy (non-hydrogen) atoms. The minimum absolute atomic E-state index is 0.0605. The summed E-state index contributed by atoms with van der Waals surface area (Å²) in [4.78, 5) is 21.0. The van der Waals surface area contributed by atoms with Gasteiger partial charge in [0.15, 0.2) is 5.78 Å². The fourth-order valence-corrected chi connectivity index (χ4v) is 4.69. The van der Waals surface area contributed by atoms with Crippen molar-refractivity contribution in [3.05, 3.63) is 65.0 Å². The van der Waals surface area contributed by atoms with Crippen molar-refractivity contribution in [1.29, 1.82) is 0 Å². The first-order valence-electron chi connectivity index (χ1n) is 8.68. The molecule has 7 heteroatoms. The third-order valence-electron chi connectivity index (χ3n) is 5.04. The maximum Gasteiger partial charge on any atom is 0.185 e. The van der Waals surface area contributed by atoms with Crippen LogP contribution in [-0.2, 0) is 16.7 Å². The number of Topliss-reactive ketones (excluding diaryl/α,β-unsaturated/α-hetero) is 1. The molecule has 140 valence electrons. The maximum atomic E-state index is 14.7. The Morgan fingerprint density at radius 1 is 1.33 bits per heavy atom. The van der Waals surface area contributed by atoms with E-state index in [4.69, 9.17) is 9.73 Å². The standard InChI is InChI=1S/C20H18F2N2O2S/c1-12-24-20(11-26-9-14(20)10-27-12)16-6-13(2-4-17(16)22)7-19(25)18-5-3-15(21)8-23-18/h2-6,8,14H,7,9-11H2,1H3/t14-,20-/m0/s1. The van der Waals surface area contributed by atoms with E-state index in [1.807, 2.05) is 6.92 Å². The number of aromatic nitrogens is 1. The Kier molecular flexibility index (Phi) is 4.82. The summed E-state index contributed by atoms with van der Waals surface area (Å²) in [5.41, 5.74) is 0.605. The van der Waals surface area contributed by atoms with Gasteiger partial charge in [-0.3, -0.25) is 14.8 Å². The van der Waals surface area contributed by atoms with Crippen LogP contribution < -0.4 is 0 Å². The molecule has 2 atom stereocenters. The summed E-state index contributed by atoms with van der Waals surface area (Å²) in [6.45, 7) is 2.81. The Labute approximate surface area is 160 Å². The van der Waals surface area contributed by atoms with E-state index in [1.165, 1.54) is 18.2 Å². The Morgan fingerprint density at radius 2 is 2.19 bits per heavy atom. The molecular formula is C20H18F2N2O2S. The molecule has 2 aliphatic heterocycles. The fourth-order valence-electron chi connectivity index (χ4n) is 3.65. The number of fused-ring (bicyclic) bond motifs is 1. The zero-order valence-electron chi connectivity index (χ0n) is 14.7. The lowest BCUT2D eigenvalue weighted by molar-refractivity contribution is 0.0988. The fraction of sp³-hybridized carbons (Fsp3) is 0.350. The lowest BCUT2D eigenvalue weighted by Crippen LogP contribution is -2.38. The zero-order chi connectivity index (χ0) is 19.0. The molecule has 0 saturated carbocycles. The number of nitrogens with zero attached hydrogens (tertiary/aromatic N) is 2. The molecule has 3 heterocycles. The van der Waals surface area contributed by atoms with Crippen LogP contribution in [0.1, 0.15) is 28.5 Å². The second-order valence-electron chi connectivity index (χ2n) is 6.85. The lowest BCUT2D eigenvalue weighted by atomic mass is 9.80. The molecule has 1 aromatic heterocycles. The summed E-state index contributed by atoms with van der Waals surface area (Å²) in [5, 5.41) is 0.910. The number of hydrogen-bond donors (Lipinski definition) is 0. The molecular weight excluding hydrogens is 370 g/mol. The number of carbonyl (C=O) groups is 1. The van der Waals surface area contributed by atoms with E-state index in [-0.39, 0.29) is 29.6 Å². The van der Waals surface area contributed by atoms with Gasteiger partial charge in [-0.25, -0.2) is 8.78 Å². The number of pyridine rings is 1. The van der Waals surface area contributed by atoms with Gasteiger partial charge in [0.1, 0.15) is 22.9 Å². The van der Waals surface area contributed by atoms with Crippen molar-refractivity contribution < 1.29 is 18.3 Å². The molecule has 0 spiro atoms. The smallest absolute Gasteiger partial charge is 0.185 e. The summed E-state index contributed by atoms with van der Waals surface area (Å²) in [6, 6.07) is 7.24. The summed E-state index contributed by atoms with van der Waals surface area (Å²) in [5.74, 6) is -0.152. The van der Waals surface area contributed by atoms with Crippen molar-refractivity contribution in [2.45, 2.75) is 18.9 Å². The minimum Gasteiger partial charge on any atom is -0.378 e. The summed E-state index contributed by atoms with van der Waals surface area (Å²) >= 11 is 1.66. The first-order valence-corrected chi connectivity index (χ1v) is 9.67. The molecule has 1 fully saturated rings. The van der Waals surface area contributed by atoms with Gasteiger partial charge in [0.25, 0.3) is 0 Å². The normalized spacial score (nSPS) is 24.4. The molecule has 1 saturated heterocycles. The van der Waals surface area contributed by atoms with E-state index in [1.54, 1.807) is 23.9 Å². The van der Waals surface area contributed by atoms with Crippen molar-refractivity contribution in [3.63, 3.8) is 0 Å². The van der Waals surface area contributed by atoms with Gasteiger partial charge in [0.05, 0.1) is 24.5 Å². The minimum atomic E-state index is -0.730.